The number of aryl methyl sites for hydroxylation is 1. The Labute approximate surface area is 187 Å². The maximum atomic E-state index is 13.7. The quantitative estimate of drug-likeness (QED) is 0.644. The van der Waals surface area contributed by atoms with Crippen LogP contribution < -0.4 is 14.8 Å². The van der Waals surface area contributed by atoms with Crippen LogP contribution in [-0.4, -0.2) is 38.0 Å². The number of rotatable bonds is 5. The van der Waals surface area contributed by atoms with Gasteiger partial charge in [0.2, 0.25) is 5.91 Å². The molecule has 0 unspecified atom stereocenters. The number of amides is 2. The topological polar surface area (TPSA) is 67.9 Å². The predicted octanol–water partition coefficient (Wildman–Crippen LogP) is 4.56. The van der Waals surface area contributed by atoms with Gasteiger partial charge in [0, 0.05) is 12.6 Å². The number of benzene rings is 3. The summed E-state index contributed by atoms with van der Waals surface area (Å²) in [6.07, 6.45) is 0. The van der Waals surface area contributed by atoms with Crippen molar-refractivity contribution in [3.63, 3.8) is 0 Å². The first-order chi connectivity index (χ1) is 15.4. The van der Waals surface area contributed by atoms with Crippen LogP contribution in [0.4, 0.5) is 5.69 Å². The summed E-state index contributed by atoms with van der Waals surface area (Å²) in [6.45, 7) is 1.96. The molecule has 2 amide bonds. The van der Waals surface area contributed by atoms with Crippen LogP contribution in [0.3, 0.4) is 0 Å². The molecule has 1 heterocycles. The van der Waals surface area contributed by atoms with Crippen molar-refractivity contribution in [1.29, 1.82) is 0 Å². The second-order valence-electron chi connectivity index (χ2n) is 7.89. The van der Waals surface area contributed by atoms with E-state index in [2.05, 4.69) is 5.32 Å². The van der Waals surface area contributed by atoms with Crippen LogP contribution in [0, 0.1) is 6.92 Å². The lowest BCUT2D eigenvalue weighted by atomic mass is 9.79. The van der Waals surface area contributed by atoms with E-state index in [-0.39, 0.29) is 11.8 Å². The second-order valence-corrected chi connectivity index (χ2v) is 7.89. The zero-order valence-corrected chi connectivity index (χ0v) is 18.6. The van der Waals surface area contributed by atoms with Gasteiger partial charge in [-0.25, -0.2) is 0 Å². The van der Waals surface area contributed by atoms with Gasteiger partial charge in [0.1, 0.15) is 11.5 Å². The van der Waals surface area contributed by atoms with Gasteiger partial charge in [-0.05, 0) is 53.9 Å². The molecular weight excluding hydrogens is 404 g/mol. The zero-order chi connectivity index (χ0) is 22.8. The molecule has 164 valence electrons. The van der Waals surface area contributed by atoms with Crippen molar-refractivity contribution in [2.45, 2.75) is 18.9 Å². The average Bonchev–Trinajstić information content (AvgIpc) is 2.81. The molecule has 2 atom stereocenters. The standard InChI is InChI=1S/C26H26N2O4/c1-16-9-14-22(32-4)21(15-16)27-25(29)23-19-7-5-6-8-20(19)26(30)28(2)24(23)17-10-12-18(31-3)13-11-17/h5-15,23-24H,1-4H3,(H,27,29)/t23-,24+/m0/s1. The van der Waals surface area contributed by atoms with Gasteiger partial charge in [0.15, 0.2) is 0 Å². The lowest BCUT2D eigenvalue weighted by Gasteiger charge is -2.39. The first-order valence-corrected chi connectivity index (χ1v) is 10.4. The maximum absolute atomic E-state index is 13.7. The Kier molecular flexibility index (Phi) is 5.86. The Balaban J connectivity index is 1.80. The van der Waals surface area contributed by atoms with Crippen molar-refractivity contribution in [2.24, 2.45) is 0 Å². The Hall–Kier alpha value is -3.80. The number of carbonyl (C=O) groups is 2. The molecule has 0 fully saturated rings. The molecule has 1 N–H and O–H groups in total. The monoisotopic (exact) mass is 430 g/mol. The first-order valence-electron chi connectivity index (χ1n) is 10.4. The Bertz CT molecular complexity index is 1160. The molecule has 6 nitrogen and oxygen atoms in total. The van der Waals surface area contributed by atoms with Crippen molar-refractivity contribution in [2.75, 3.05) is 26.6 Å². The highest BCUT2D eigenvalue weighted by atomic mass is 16.5. The minimum Gasteiger partial charge on any atom is -0.497 e. The summed E-state index contributed by atoms with van der Waals surface area (Å²) in [5.41, 5.74) is 3.70. The van der Waals surface area contributed by atoms with Crippen molar-refractivity contribution in [1.82, 2.24) is 4.90 Å². The molecule has 0 saturated carbocycles. The molecule has 0 radical (unpaired) electrons. The molecule has 32 heavy (non-hydrogen) atoms. The van der Waals surface area contributed by atoms with Crippen molar-refractivity contribution >= 4 is 17.5 Å². The molecule has 0 saturated heterocycles. The summed E-state index contributed by atoms with van der Waals surface area (Å²) in [4.78, 5) is 28.5. The van der Waals surface area contributed by atoms with E-state index in [0.717, 1.165) is 11.1 Å². The van der Waals surface area contributed by atoms with E-state index in [1.54, 1.807) is 32.2 Å². The minimum absolute atomic E-state index is 0.112. The van der Waals surface area contributed by atoms with Crippen LogP contribution in [0.25, 0.3) is 0 Å². The minimum atomic E-state index is -0.604. The molecule has 0 aromatic heterocycles. The fraction of sp³-hybridized carbons (Fsp3) is 0.231. The van der Waals surface area contributed by atoms with Gasteiger partial charge >= 0.3 is 0 Å². The lowest BCUT2D eigenvalue weighted by Crippen LogP contribution is -2.44. The second kappa shape index (κ2) is 8.75. The summed E-state index contributed by atoms with van der Waals surface area (Å²) in [7, 11) is 4.91. The SMILES string of the molecule is COc1ccc([C@@H]2[C@@H](C(=O)Nc3cc(C)ccc3OC)c3ccccc3C(=O)N2C)cc1. The summed E-state index contributed by atoms with van der Waals surface area (Å²) in [5, 5.41) is 3.04. The predicted molar refractivity (Wildman–Crippen MR) is 123 cm³/mol. The van der Waals surface area contributed by atoms with Crippen LogP contribution in [0.1, 0.15) is 39.0 Å². The highest BCUT2D eigenvalue weighted by molar-refractivity contribution is 6.04. The first kappa shape index (κ1) is 21.4. The van der Waals surface area contributed by atoms with Gasteiger partial charge in [-0.3, -0.25) is 9.59 Å². The number of likely N-dealkylation sites (N-methyl/N-ethyl adjacent to an activating group) is 1. The zero-order valence-electron chi connectivity index (χ0n) is 18.6. The average molecular weight is 431 g/mol. The smallest absolute Gasteiger partial charge is 0.254 e. The third kappa shape index (κ3) is 3.80. The Morgan fingerprint density at radius 3 is 2.38 bits per heavy atom. The number of hydrogen-bond donors (Lipinski definition) is 1. The summed E-state index contributed by atoms with van der Waals surface area (Å²) >= 11 is 0. The highest BCUT2D eigenvalue weighted by Gasteiger charge is 2.42. The van der Waals surface area contributed by atoms with Gasteiger partial charge in [-0.1, -0.05) is 36.4 Å². The summed E-state index contributed by atoms with van der Waals surface area (Å²) < 4.78 is 10.7. The Morgan fingerprint density at radius 1 is 0.969 bits per heavy atom. The van der Waals surface area contributed by atoms with Crippen LogP contribution in [0.5, 0.6) is 11.5 Å². The van der Waals surface area contributed by atoms with Crippen LogP contribution in [0.15, 0.2) is 66.7 Å². The van der Waals surface area contributed by atoms with Crippen LogP contribution in [-0.2, 0) is 4.79 Å². The highest BCUT2D eigenvalue weighted by Crippen LogP contribution is 2.43. The molecule has 0 spiro atoms. The van der Waals surface area contributed by atoms with E-state index in [4.69, 9.17) is 9.47 Å². The molecule has 6 heteroatoms. The third-order valence-electron chi connectivity index (χ3n) is 5.93. The third-order valence-corrected chi connectivity index (χ3v) is 5.93. The number of anilines is 1. The van der Waals surface area contributed by atoms with Crippen LogP contribution >= 0.6 is 0 Å². The molecule has 1 aliphatic heterocycles. The Morgan fingerprint density at radius 2 is 1.69 bits per heavy atom. The van der Waals surface area contributed by atoms with Crippen LogP contribution in [0.2, 0.25) is 0 Å². The number of fused-ring (bicyclic) bond motifs is 1. The molecule has 4 rings (SSSR count). The van der Waals surface area contributed by atoms with E-state index >= 15 is 0 Å². The van der Waals surface area contributed by atoms with E-state index in [9.17, 15) is 9.59 Å². The van der Waals surface area contributed by atoms with E-state index in [1.165, 1.54) is 0 Å². The van der Waals surface area contributed by atoms with Gasteiger partial charge in [0.25, 0.3) is 5.91 Å². The lowest BCUT2D eigenvalue weighted by molar-refractivity contribution is -0.119. The maximum Gasteiger partial charge on any atom is 0.254 e. The summed E-state index contributed by atoms with van der Waals surface area (Å²) in [6, 6.07) is 19.9. The van der Waals surface area contributed by atoms with Gasteiger partial charge in [0.05, 0.1) is 31.9 Å². The van der Waals surface area contributed by atoms with E-state index in [1.807, 2.05) is 67.6 Å². The number of ether oxygens (including phenoxy) is 2. The fourth-order valence-corrected chi connectivity index (χ4v) is 4.30. The number of hydrogen-bond acceptors (Lipinski definition) is 4. The van der Waals surface area contributed by atoms with Gasteiger partial charge in [-0.2, -0.15) is 0 Å². The van der Waals surface area contributed by atoms with Gasteiger partial charge in [-0.15, -0.1) is 0 Å². The van der Waals surface area contributed by atoms with E-state index in [0.29, 0.717) is 28.3 Å². The molecule has 3 aromatic carbocycles. The van der Waals surface area contributed by atoms with E-state index < -0.39 is 12.0 Å². The fourth-order valence-electron chi connectivity index (χ4n) is 4.30. The molecule has 3 aromatic rings. The summed E-state index contributed by atoms with van der Waals surface area (Å²) in [5.74, 6) is 0.371. The van der Waals surface area contributed by atoms with Crippen molar-refractivity contribution in [3.8, 4) is 11.5 Å². The number of methoxy groups -OCH3 is 2. The van der Waals surface area contributed by atoms with Crippen molar-refractivity contribution in [3.05, 3.63) is 89.0 Å². The molecule has 0 bridgehead atoms. The normalized spacial score (nSPS) is 17.5. The number of carbonyl (C=O) groups excluding carboxylic acids is 2. The molecule has 1 aliphatic rings. The number of nitrogens with zero attached hydrogens (tertiary/aromatic N) is 1. The largest absolute Gasteiger partial charge is 0.497 e. The van der Waals surface area contributed by atoms with Crippen molar-refractivity contribution < 1.29 is 19.1 Å². The molecular formula is C26H26N2O4. The van der Waals surface area contributed by atoms with Gasteiger partial charge < -0.3 is 19.7 Å². The number of nitrogens with one attached hydrogen (secondary N) is 1. The molecule has 0 aliphatic carbocycles.